The highest BCUT2D eigenvalue weighted by atomic mass is 19.1. The number of nitrogens with one attached hydrogen (secondary N) is 1. The number of phenolic OH excluding ortho intramolecular Hbond substituents is 1. The predicted molar refractivity (Wildman–Crippen MR) is 63.3 cm³/mol. The Morgan fingerprint density at radius 3 is 2.76 bits per heavy atom. The Bertz CT molecular complexity index is 524. The quantitative estimate of drug-likeness (QED) is 0.803. The highest BCUT2D eigenvalue weighted by molar-refractivity contribution is 5.48. The molecule has 0 bridgehead atoms. The third kappa shape index (κ3) is 2.38. The van der Waals surface area contributed by atoms with Crippen LogP contribution >= 0.6 is 0 Å². The molecule has 2 aromatic rings. The molecule has 0 aliphatic heterocycles. The highest BCUT2D eigenvalue weighted by Gasteiger charge is 2.10. The second-order valence-electron chi connectivity index (χ2n) is 3.91. The van der Waals surface area contributed by atoms with E-state index in [0.29, 0.717) is 5.69 Å². The van der Waals surface area contributed by atoms with Crippen LogP contribution in [0.4, 0.5) is 10.1 Å². The number of halogens is 1. The number of hydrogen-bond donors (Lipinski definition) is 2. The minimum absolute atomic E-state index is 0.00597. The topological polar surface area (TPSA) is 50.1 Å². The van der Waals surface area contributed by atoms with Crippen LogP contribution in [0.15, 0.2) is 30.5 Å². The molecular formula is C12H14FN3O. The summed E-state index contributed by atoms with van der Waals surface area (Å²) in [7, 11) is 1.85. The van der Waals surface area contributed by atoms with E-state index in [0.717, 1.165) is 5.69 Å². The smallest absolute Gasteiger partial charge is 0.166 e. The third-order valence-corrected chi connectivity index (χ3v) is 2.63. The molecule has 0 radical (unpaired) electrons. The maximum absolute atomic E-state index is 13.1. The SMILES string of the molecule is CC(Nc1ccc(O)c(F)c1)c1ccnn1C. The van der Waals surface area contributed by atoms with Gasteiger partial charge in [-0.15, -0.1) is 0 Å². The number of nitrogens with zero attached hydrogens (tertiary/aromatic N) is 2. The van der Waals surface area contributed by atoms with Crippen molar-refractivity contribution in [1.29, 1.82) is 0 Å². The molecule has 2 rings (SSSR count). The van der Waals surface area contributed by atoms with E-state index < -0.39 is 5.82 Å². The summed E-state index contributed by atoms with van der Waals surface area (Å²) in [5, 5.41) is 16.3. The van der Waals surface area contributed by atoms with Gasteiger partial charge in [-0.05, 0) is 25.1 Å². The third-order valence-electron chi connectivity index (χ3n) is 2.63. The van der Waals surface area contributed by atoms with Crippen molar-refractivity contribution >= 4 is 5.69 Å². The molecule has 0 aliphatic rings. The van der Waals surface area contributed by atoms with Gasteiger partial charge in [0.2, 0.25) is 0 Å². The average Bonchev–Trinajstić information content (AvgIpc) is 2.70. The molecule has 0 aliphatic carbocycles. The molecule has 0 spiro atoms. The van der Waals surface area contributed by atoms with Crippen LogP contribution in [0.5, 0.6) is 5.75 Å². The molecule has 1 aromatic heterocycles. The van der Waals surface area contributed by atoms with E-state index >= 15 is 0 Å². The van der Waals surface area contributed by atoms with Crippen molar-refractivity contribution in [2.24, 2.45) is 7.05 Å². The maximum Gasteiger partial charge on any atom is 0.166 e. The van der Waals surface area contributed by atoms with Crippen LogP contribution in [-0.4, -0.2) is 14.9 Å². The largest absolute Gasteiger partial charge is 0.505 e. The van der Waals surface area contributed by atoms with Crippen molar-refractivity contribution < 1.29 is 9.50 Å². The number of aryl methyl sites for hydroxylation is 1. The summed E-state index contributed by atoms with van der Waals surface area (Å²) in [5.74, 6) is -0.976. The Hall–Kier alpha value is -2.04. The van der Waals surface area contributed by atoms with E-state index in [4.69, 9.17) is 5.11 Å². The number of rotatable bonds is 3. The van der Waals surface area contributed by atoms with Gasteiger partial charge in [0.15, 0.2) is 11.6 Å². The first-order valence-corrected chi connectivity index (χ1v) is 5.31. The van der Waals surface area contributed by atoms with Crippen LogP contribution in [-0.2, 0) is 7.05 Å². The molecule has 1 atom stereocenters. The first kappa shape index (κ1) is 11.4. The van der Waals surface area contributed by atoms with Crippen LogP contribution in [0.1, 0.15) is 18.7 Å². The Kier molecular flexibility index (Phi) is 2.99. The minimum Gasteiger partial charge on any atom is -0.505 e. The number of phenols is 1. The average molecular weight is 235 g/mol. The molecule has 17 heavy (non-hydrogen) atoms. The second-order valence-corrected chi connectivity index (χ2v) is 3.91. The fraction of sp³-hybridized carbons (Fsp3) is 0.250. The van der Waals surface area contributed by atoms with Crippen molar-refractivity contribution in [2.45, 2.75) is 13.0 Å². The zero-order valence-electron chi connectivity index (χ0n) is 9.68. The summed E-state index contributed by atoms with van der Waals surface area (Å²) in [4.78, 5) is 0. The van der Waals surface area contributed by atoms with Crippen LogP contribution in [0, 0.1) is 5.82 Å². The number of anilines is 1. The lowest BCUT2D eigenvalue weighted by molar-refractivity contribution is 0.432. The van der Waals surface area contributed by atoms with Gasteiger partial charge in [-0.3, -0.25) is 4.68 Å². The van der Waals surface area contributed by atoms with Gasteiger partial charge >= 0.3 is 0 Å². The number of benzene rings is 1. The first-order valence-electron chi connectivity index (χ1n) is 5.31. The maximum atomic E-state index is 13.1. The van der Waals surface area contributed by atoms with Crippen molar-refractivity contribution in [3.8, 4) is 5.75 Å². The van der Waals surface area contributed by atoms with Crippen LogP contribution in [0.2, 0.25) is 0 Å². The van der Waals surface area contributed by atoms with Crippen LogP contribution < -0.4 is 5.32 Å². The molecule has 1 heterocycles. The second kappa shape index (κ2) is 4.45. The Labute approximate surface area is 98.7 Å². The molecule has 1 aromatic carbocycles. The molecule has 4 nitrogen and oxygen atoms in total. The fourth-order valence-electron chi connectivity index (χ4n) is 1.73. The predicted octanol–water partition coefficient (Wildman–Crippen LogP) is 2.44. The van der Waals surface area contributed by atoms with E-state index in [9.17, 15) is 4.39 Å². The van der Waals surface area contributed by atoms with Gasteiger partial charge in [0.1, 0.15) is 0 Å². The summed E-state index contributed by atoms with van der Waals surface area (Å²) < 4.78 is 14.9. The normalized spacial score (nSPS) is 12.4. The van der Waals surface area contributed by atoms with Gasteiger partial charge < -0.3 is 10.4 Å². The monoisotopic (exact) mass is 235 g/mol. The Morgan fingerprint density at radius 1 is 1.41 bits per heavy atom. The van der Waals surface area contributed by atoms with Crippen molar-refractivity contribution in [3.05, 3.63) is 42.0 Å². The van der Waals surface area contributed by atoms with Gasteiger partial charge in [0.25, 0.3) is 0 Å². The summed E-state index contributed by atoms with van der Waals surface area (Å²) in [6.45, 7) is 1.96. The molecule has 5 heteroatoms. The Balaban J connectivity index is 2.16. The van der Waals surface area contributed by atoms with Crippen molar-refractivity contribution in [1.82, 2.24) is 9.78 Å². The molecule has 1 unspecified atom stereocenters. The van der Waals surface area contributed by atoms with E-state index in [1.54, 1.807) is 16.9 Å². The van der Waals surface area contributed by atoms with E-state index in [2.05, 4.69) is 10.4 Å². The molecule has 2 N–H and O–H groups in total. The standard InChI is InChI=1S/C12H14FN3O/c1-8(11-5-6-14-16(11)2)15-9-3-4-12(17)10(13)7-9/h3-8,15,17H,1-2H3. The van der Waals surface area contributed by atoms with Crippen molar-refractivity contribution in [3.63, 3.8) is 0 Å². The van der Waals surface area contributed by atoms with E-state index in [1.807, 2.05) is 20.0 Å². The summed E-state index contributed by atoms with van der Waals surface area (Å²) >= 11 is 0. The van der Waals surface area contributed by atoms with Crippen LogP contribution in [0.3, 0.4) is 0 Å². The number of aromatic nitrogens is 2. The van der Waals surface area contributed by atoms with Gasteiger partial charge in [0, 0.05) is 25.0 Å². The van der Waals surface area contributed by atoms with E-state index in [1.165, 1.54) is 12.1 Å². The van der Waals surface area contributed by atoms with Gasteiger partial charge in [-0.2, -0.15) is 5.10 Å². The summed E-state index contributed by atoms with van der Waals surface area (Å²) in [5.41, 5.74) is 1.62. The molecule has 0 saturated heterocycles. The van der Waals surface area contributed by atoms with Crippen molar-refractivity contribution in [2.75, 3.05) is 5.32 Å². The zero-order valence-corrected chi connectivity index (χ0v) is 9.68. The fourth-order valence-corrected chi connectivity index (χ4v) is 1.73. The van der Waals surface area contributed by atoms with Gasteiger partial charge in [0.05, 0.1) is 11.7 Å². The van der Waals surface area contributed by atoms with Gasteiger partial charge in [-0.25, -0.2) is 4.39 Å². The van der Waals surface area contributed by atoms with Crippen LogP contribution in [0.25, 0.3) is 0 Å². The van der Waals surface area contributed by atoms with E-state index in [-0.39, 0.29) is 11.8 Å². The minimum atomic E-state index is -0.632. The molecule has 0 saturated carbocycles. The molecule has 0 amide bonds. The zero-order chi connectivity index (χ0) is 12.4. The number of aromatic hydroxyl groups is 1. The summed E-state index contributed by atoms with van der Waals surface area (Å²) in [6.07, 6.45) is 1.71. The molecule has 0 fully saturated rings. The first-order chi connectivity index (χ1) is 8.08. The summed E-state index contributed by atoms with van der Waals surface area (Å²) in [6, 6.07) is 6.13. The lowest BCUT2D eigenvalue weighted by Crippen LogP contribution is -2.11. The number of hydrogen-bond acceptors (Lipinski definition) is 3. The molecule has 90 valence electrons. The lowest BCUT2D eigenvalue weighted by atomic mass is 10.2. The molecular weight excluding hydrogens is 221 g/mol. The van der Waals surface area contributed by atoms with Gasteiger partial charge in [-0.1, -0.05) is 0 Å². The lowest BCUT2D eigenvalue weighted by Gasteiger charge is -2.15. The highest BCUT2D eigenvalue weighted by Crippen LogP contribution is 2.23. The Morgan fingerprint density at radius 2 is 2.18 bits per heavy atom.